The number of amides is 2. The molecule has 4 aliphatic rings. The molecule has 0 radical (unpaired) electrons. The molecule has 45 heavy (non-hydrogen) atoms. The topological polar surface area (TPSA) is 170 Å². The monoisotopic (exact) mass is 615 g/mol. The van der Waals surface area contributed by atoms with E-state index in [4.69, 9.17) is 9.73 Å². The third kappa shape index (κ3) is 5.27. The fourth-order valence-electron chi connectivity index (χ4n) is 7.39. The van der Waals surface area contributed by atoms with Crippen LogP contribution in [0.1, 0.15) is 80.7 Å². The number of ether oxygens (including phenoxy) is 1. The lowest BCUT2D eigenvalue weighted by Gasteiger charge is -2.22. The number of ketones is 1. The summed E-state index contributed by atoms with van der Waals surface area (Å²) < 4.78 is 5.09. The first kappa shape index (κ1) is 31.9. The van der Waals surface area contributed by atoms with E-state index in [1.54, 1.807) is 6.92 Å². The van der Waals surface area contributed by atoms with E-state index in [0.29, 0.717) is 58.5 Å². The highest BCUT2D eigenvalue weighted by Gasteiger charge is 2.49. The van der Waals surface area contributed by atoms with Crippen LogP contribution >= 0.6 is 0 Å². The summed E-state index contributed by atoms with van der Waals surface area (Å²) in [7, 11) is 1.22. The van der Waals surface area contributed by atoms with Crippen LogP contribution in [0.3, 0.4) is 0 Å². The second-order valence-electron chi connectivity index (χ2n) is 12.3. The number of nitrogens with one attached hydrogen (secondary N) is 3. The van der Waals surface area contributed by atoms with Crippen LogP contribution in [0.2, 0.25) is 0 Å². The highest BCUT2D eigenvalue weighted by molar-refractivity contribution is 6.24. The molecule has 3 aliphatic heterocycles. The molecular formula is C34H39N4O7-. The fraction of sp³-hybridized carbons (Fsp3) is 0.471. The van der Waals surface area contributed by atoms with Crippen LogP contribution in [-0.2, 0) is 30.3 Å². The van der Waals surface area contributed by atoms with Gasteiger partial charge in [-0.3, -0.25) is 24.2 Å². The number of carboxylic acid groups (broad SMARTS) is 1. The number of methoxy groups -OCH3 is 1. The van der Waals surface area contributed by atoms with E-state index in [1.807, 2.05) is 27.7 Å². The number of carbonyl (C=O) groups excluding carboxylic acids is 5. The Balaban J connectivity index is 1.63. The Morgan fingerprint density at radius 1 is 1.07 bits per heavy atom. The standard InChI is InChI=1S/C34H40N4O7/c1-8-18-16(5)32(42)38-24(18)13-23-17(6)26-30(36-23)27(28(31(26)41)34(44)45-7)29-20(10-11-25(39)40)15(4)21(35-29)12-22-14(3)19(9-2)33(43)37-22/h9,15,20,22,24,28,36H,2,8,10-13H2,1,3-7H3,(H,37,43)(H,38,42)(H,39,40)/p-1/b29-27-/t15-,20-,22?,24?,28+/m0/s1. The molecule has 11 nitrogen and oxygen atoms in total. The third-order valence-electron chi connectivity index (χ3n) is 9.99. The lowest BCUT2D eigenvalue weighted by atomic mass is 9.82. The summed E-state index contributed by atoms with van der Waals surface area (Å²) in [6, 6.07) is -0.548. The molecule has 2 unspecified atom stereocenters. The smallest absolute Gasteiger partial charge is 0.321 e. The summed E-state index contributed by atoms with van der Waals surface area (Å²) in [6.45, 7) is 13.2. The molecule has 0 bridgehead atoms. The predicted molar refractivity (Wildman–Crippen MR) is 165 cm³/mol. The minimum atomic E-state index is -1.26. The van der Waals surface area contributed by atoms with Gasteiger partial charge in [-0.2, -0.15) is 0 Å². The Kier molecular flexibility index (Phi) is 8.57. The number of Topliss-reactive ketones (excluding diaryl/α,β-unsaturated/α-hetero) is 1. The van der Waals surface area contributed by atoms with E-state index < -0.39 is 29.6 Å². The first-order chi connectivity index (χ1) is 21.3. The zero-order valence-corrected chi connectivity index (χ0v) is 26.5. The highest BCUT2D eigenvalue weighted by atomic mass is 16.5. The average molecular weight is 616 g/mol. The van der Waals surface area contributed by atoms with Crippen molar-refractivity contribution in [2.45, 2.75) is 78.8 Å². The van der Waals surface area contributed by atoms with Gasteiger partial charge in [0.15, 0.2) is 5.78 Å². The number of aliphatic carboxylic acids is 1. The van der Waals surface area contributed by atoms with E-state index in [9.17, 15) is 29.1 Å². The number of hydrogen-bond acceptors (Lipinski definition) is 8. The maximum Gasteiger partial charge on any atom is 0.321 e. The van der Waals surface area contributed by atoms with Crippen LogP contribution in [0, 0.1) is 24.7 Å². The van der Waals surface area contributed by atoms with Crippen LogP contribution in [0.15, 0.2) is 45.6 Å². The Labute approximate surface area is 262 Å². The normalized spacial score (nSPS) is 27.6. The van der Waals surface area contributed by atoms with Crippen LogP contribution in [0.25, 0.3) is 5.57 Å². The molecule has 4 heterocycles. The van der Waals surface area contributed by atoms with Gasteiger partial charge in [-0.05, 0) is 56.7 Å². The zero-order valence-electron chi connectivity index (χ0n) is 26.5. The van der Waals surface area contributed by atoms with Crippen molar-refractivity contribution in [1.82, 2.24) is 15.6 Å². The van der Waals surface area contributed by atoms with Crippen LogP contribution in [0.4, 0.5) is 0 Å². The second-order valence-corrected chi connectivity index (χ2v) is 12.3. The predicted octanol–water partition coefficient (Wildman–Crippen LogP) is 2.42. The Morgan fingerprint density at radius 3 is 2.36 bits per heavy atom. The van der Waals surface area contributed by atoms with Gasteiger partial charge in [0.25, 0.3) is 5.91 Å². The van der Waals surface area contributed by atoms with Crippen molar-refractivity contribution in [3.8, 4) is 0 Å². The summed E-state index contributed by atoms with van der Waals surface area (Å²) in [6.07, 6.45) is 2.98. The van der Waals surface area contributed by atoms with E-state index in [0.717, 1.165) is 22.6 Å². The molecule has 1 aromatic heterocycles. The first-order valence-corrected chi connectivity index (χ1v) is 15.3. The van der Waals surface area contributed by atoms with E-state index >= 15 is 0 Å². The highest BCUT2D eigenvalue weighted by Crippen LogP contribution is 2.48. The molecule has 3 N–H and O–H groups in total. The summed E-state index contributed by atoms with van der Waals surface area (Å²) in [5.74, 6) is -4.62. The number of aliphatic imine (C=N–C) groups is 1. The number of fused-ring (bicyclic) bond motifs is 1. The molecule has 1 aliphatic carbocycles. The molecule has 0 saturated carbocycles. The summed E-state index contributed by atoms with van der Waals surface area (Å²) in [5, 5.41) is 17.6. The number of esters is 1. The van der Waals surface area contributed by atoms with Gasteiger partial charge in [0.2, 0.25) is 5.91 Å². The molecule has 0 fully saturated rings. The van der Waals surface area contributed by atoms with Gasteiger partial charge < -0.3 is 30.3 Å². The minimum Gasteiger partial charge on any atom is -0.550 e. The van der Waals surface area contributed by atoms with E-state index in [2.05, 4.69) is 22.2 Å². The second kappa shape index (κ2) is 12.1. The van der Waals surface area contributed by atoms with E-state index in [1.165, 1.54) is 13.2 Å². The largest absolute Gasteiger partial charge is 0.550 e. The molecule has 0 spiro atoms. The summed E-state index contributed by atoms with van der Waals surface area (Å²) in [5.41, 5.74) is 6.91. The van der Waals surface area contributed by atoms with Gasteiger partial charge in [0, 0.05) is 64.3 Å². The summed E-state index contributed by atoms with van der Waals surface area (Å²) in [4.78, 5) is 72.1. The van der Waals surface area contributed by atoms with Crippen molar-refractivity contribution in [1.29, 1.82) is 0 Å². The number of H-pyrrole nitrogens is 1. The number of allylic oxidation sites excluding steroid dienone is 1. The number of carbonyl (C=O) groups is 5. The van der Waals surface area contributed by atoms with E-state index in [-0.39, 0.29) is 42.7 Å². The lowest BCUT2D eigenvalue weighted by molar-refractivity contribution is -0.306. The van der Waals surface area contributed by atoms with Crippen LogP contribution in [0.5, 0.6) is 0 Å². The van der Waals surface area contributed by atoms with Crippen molar-refractivity contribution in [2.24, 2.45) is 22.7 Å². The van der Waals surface area contributed by atoms with Crippen molar-refractivity contribution >= 4 is 40.8 Å². The zero-order chi connectivity index (χ0) is 32.9. The Bertz CT molecular complexity index is 1670. The fourth-order valence-corrected chi connectivity index (χ4v) is 7.39. The molecule has 5 rings (SSSR count). The molecule has 5 atom stereocenters. The van der Waals surface area contributed by atoms with Crippen molar-refractivity contribution in [2.75, 3.05) is 7.11 Å². The maximum atomic E-state index is 14.0. The van der Waals surface area contributed by atoms with Gasteiger partial charge in [-0.25, -0.2) is 0 Å². The number of hydrogen-bond donors (Lipinski definition) is 3. The van der Waals surface area contributed by atoms with Gasteiger partial charge >= 0.3 is 5.97 Å². The molecule has 0 saturated heterocycles. The average Bonchev–Trinajstić information content (AvgIpc) is 3.72. The third-order valence-corrected chi connectivity index (χ3v) is 9.99. The lowest BCUT2D eigenvalue weighted by Crippen LogP contribution is -2.32. The summed E-state index contributed by atoms with van der Waals surface area (Å²) >= 11 is 0. The molecule has 2 amide bonds. The van der Waals surface area contributed by atoms with Crippen LogP contribution in [-0.4, -0.2) is 59.4 Å². The SMILES string of the molecule is C=CC1=C(C)C(CC2=N/C(=C3\c4[nH]c(CC5NC(=O)C(C)=C5CC)c(C)c4C(=O)[C@@H]3C(=O)OC)[C@@H](CCC(=O)[O-])[C@@H]2C)NC1=O. The van der Waals surface area contributed by atoms with Crippen LogP contribution < -0.4 is 15.7 Å². The molecule has 11 heteroatoms. The van der Waals surface area contributed by atoms with Crippen molar-refractivity contribution < 1.29 is 33.8 Å². The molecule has 0 aromatic carbocycles. The minimum absolute atomic E-state index is 0.112. The number of nitrogens with zero attached hydrogens (tertiary/aromatic N) is 1. The Hall–Kier alpha value is -4.54. The molecule has 1 aromatic rings. The maximum absolute atomic E-state index is 14.0. The van der Waals surface area contributed by atoms with Crippen molar-refractivity contribution in [3.05, 3.63) is 63.2 Å². The Morgan fingerprint density at radius 2 is 1.76 bits per heavy atom. The molecule has 238 valence electrons. The van der Waals surface area contributed by atoms with Crippen molar-refractivity contribution in [3.63, 3.8) is 0 Å². The quantitative estimate of drug-likeness (QED) is 0.268. The number of carboxylic acids is 1. The van der Waals surface area contributed by atoms with Gasteiger partial charge in [-0.15, -0.1) is 0 Å². The number of aromatic amines is 1. The van der Waals surface area contributed by atoms with Gasteiger partial charge in [-0.1, -0.05) is 26.5 Å². The first-order valence-electron chi connectivity index (χ1n) is 15.3. The van der Waals surface area contributed by atoms with Gasteiger partial charge in [0.1, 0.15) is 5.92 Å². The van der Waals surface area contributed by atoms with Gasteiger partial charge in [0.05, 0.1) is 30.6 Å². The molecular weight excluding hydrogens is 576 g/mol. The number of aromatic nitrogens is 1. The number of rotatable bonds is 10.